The molecule has 0 aliphatic carbocycles. The van der Waals surface area contributed by atoms with E-state index in [1.165, 1.54) is 43.7 Å². The van der Waals surface area contributed by atoms with E-state index in [4.69, 9.17) is 4.74 Å². The standard InChI is InChI=1S/C10H19NO/c1-11-6-4-10(5-7-11)3-2-8-12-9-10/h11H,1-9H2. The molecule has 0 unspecified atom stereocenters. The van der Waals surface area contributed by atoms with Crippen molar-refractivity contribution in [3.8, 4) is 0 Å². The lowest BCUT2D eigenvalue weighted by atomic mass is 9.74. The summed E-state index contributed by atoms with van der Waals surface area (Å²) in [5.41, 5.74) is 0.555. The van der Waals surface area contributed by atoms with E-state index in [0.717, 1.165) is 13.2 Å². The topological polar surface area (TPSA) is 13.7 Å². The average Bonchev–Trinajstić information content (AvgIpc) is 2.13. The van der Waals surface area contributed by atoms with Crippen LogP contribution in [0.5, 0.6) is 0 Å². The normalized spacial score (nSPS) is 43.2. The van der Waals surface area contributed by atoms with Gasteiger partial charge in [0.2, 0.25) is 0 Å². The van der Waals surface area contributed by atoms with Crippen LogP contribution >= 0.6 is 0 Å². The third-order valence-electron chi connectivity index (χ3n) is 3.42. The van der Waals surface area contributed by atoms with Crippen molar-refractivity contribution in [2.75, 3.05) is 26.3 Å². The van der Waals surface area contributed by atoms with Gasteiger partial charge in [0.25, 0.3) is 0 Å². The van der Waals surface area contributed by atoms with Crippen LogP contribution < -0.4 is 4.90 Å². The Balaban J connectivity index is 1.92. The minimum absolute atomic E-state index is 0.555. The molecule has 2 heterocycles. The summed E-state index contributed by atoms with van der Waals surface area (Å²) < 4.78 is 5.57. The van der Waals surface area contributed by atoms with Crippen molar-refractivity contribution in [1.29, 1.82) is 0 Å². The van der Waals surface area contributed by atoms with E-state index < -0.39 is 0 Å². The molecule has 12 heavy (non-hydrogen) atoms. The first kappa shape index (κ1) is 8.52. The van der Waals surface area contributed by atoms with E-state index in [0.29, 0.717) is 5.41 Å². The van der Waals surface area contributed by atoms with Gasteiger partial charge in [-0.2, -0.15) is 7.05 Å². The molecule has 70 valence electrons. The lowest BCUT2D eigenvalue weighted by Gasteiger charge is -2.43. The number of ether oxygens (including phenoxy) is 1. The second kappa shape index (κ2) is 3.35. The van der Waals surface area contributed by atoms with Crippen LogP contribution in [0.3, 0.4) is 0 Å². The van der Waals surface area contributed by atoms with Crippen molar-refractivity contribution in [3.63, 3.8) is 0 Å². The van der Waals surface area contributed by atoms with Gasteiger partial charge in [0.1, 0.15) is 0 Å². The second-order valence-electron chi connectivity index (χ2n) is 4.41. The Labute approximate surface area is 74.9 Å². The Morgan fingerprint density at radius 1 is 1.17 bits per heavy atom. The van der Waals surface area contributed by atoms with Crippen molar-refractivity contribution in [2.45, 2.75) is 25.7 Å². The molecule has 2 saturated heterocycles. The van der Waals surface area contributed by atoms with E-state index in [1.54, 1.807) is 0 Å². The van der Waals surface area contributed by atoms with Crippen LogP contribution in [-0.4, -0.2) is 26.3 Å². The third kappa shape index (κ3) is 1.64. The van der Waals surface area contributed by atoms with Crippen molar-refractivity contribution in [2.24, 2.45) is 5.41 Å². The number of nitrogens with one attached hydrogen (secondary N) is 1. The molecule has 1 N–H and O–H groups in total. The first-order chi connectivity index (χ1) is 5.81. The predicted molar refractivity (Wildman–Crippen MR) is 47.8 cm³/mol. The molecule has 0 aromatic rings. The molecule has 0 aromatic carbocycles. The van der Waals surface area contributed by atoms with Gasteiger partial charge in [-0.3, -0.25) is 0 Å². The molecule has 0 aromatic heterocycles. The van der Waals surface area contributed by atoms with Crippen molar-refractivity contribution < 1.29 is 9.64 Å². The van der Waals surface area contributed by atoms with Crippen LogP contribution in [0.4, 0.5) is 0 Å². The molecule has 2 nitrogen and oxygen atoms in total. The van der Waals surface area contributed by atoms with Crippen LogP contribution in [0, 0.1) is 12.5 Å². The summed E-state index contributed by atoms with van der Waals surface area (Å²) in [6.45, 7) is 4.48. The Morgan fingerprint density at radius 2 is 1.92 bits per heavy atom. The molecule has 0 bridgehead atoms. The third-order valence-corrected chi connectivity index (χ3v) is 3.42. The molecule has 1 spiro atoms. The summed E-state index contributed by atoms with van der Waals surface area (Å²) >= 11 is 0. The molecule has 0 atom stereocenters. The van der Waals surface area contributed by atoms with Crippen LogP contribution in [0.15, 0.2) is 0 Å². The Hall–Kier alpha value is -0.0800. The first-order valence-corrected chi connectivity index (χ1v) is 5.05. The maximum atomic E-state index is 5.57. The number of piperidine rings is 1. The summed E-state index contributed by atoms with van der Waals surface area (Å²) in [5.74, 6) is 0. The van der Waals surface area contributed by atoms with E-state index >= 15 is 0 Å². The largest absolute Gasteiger partial charge is 0.468 e. The number of hydrogen-bond acceptors (Lipinski definition) is 1. The summed E-state index contributed by atoms with van der Waals surface area (Å²) in [4.78, 5) is 1.45. The van der Waals surface area contributed by atoms with Crippen LogP contribution in [0.1, 0.15) is 25.7 Å². The summed E-state index contributed by atoms with van der Waals surface area (Å²) in [6, 6.07) is 0. The summed E-state index contributed by atoms with van der Waals surface area (Å²) in [5, 5.41) is 0. The second-order valence-corrected chi connectivity index (χ2v) is 4.41. The Bertz CT molecular complexity index is 142. The summed E-state index contributed by atoms with van der Waals surface area (Å²) in [7, 11) is 4.05. The molecular formula is C10H19NO. The maximum Gasteiger partial charge on any atom is 0.0536 e. The molecule has 2 rings (SSSR count). The minimum Gasteiger partial charge on any atom is -0.468 e. The van der Waals surface area contributed by atoms with E-state index in [2.05, 4.69) is 7.05 Å². The number of quaternary nitrogens is 1. The van der Waals surface area contributed by atoms with Crippen molar-refractivity contribution >= 4 is 0 Å². The van der Waals surface area contributed by atoms with Crippen LogP contribution in [0.25, 0.3) is 0 Å². The fourth-order valence-corrected chi connectivity index (χ4v) is 2.44. The first-order valence-electron chi connectivity index (χ1n) is 5.05. The molecule has 0 saturated carbocycles. The molecule has 0 amide bonds. The maximum absolute atomic E-state index is 5.57. The Morgan fingerprint density at radius 3 is 2.50 bits per heavy atom. The summed E-state index contributed by atoms with van der Waals surface area (Å²) in [6.07, 6.45) is 5.31. The minimum atomic E-state index is 0.555. The number of likely N-dealkylation sites (tertiary alicyclic amines) is 1. The number of hydrogen-bond donors (Lipinski definition) is 1. The highest BCUT2D eigenvalue weighted by Gasteiger charge is 2.36. The quantitative estimate of drug-likeness (QED) is 0.513. The zero-order valence-corrected chi connectivity index (χ0v) is 7.77. The SMILES string of the molecule is [CH2-][NH+]1CCC2(CCCOC2)CC1. The molecule has 2 aliphatic rings. The predicted octanol–water partition coefficient (Wildman–Crippen LogP) is 0.253. The van der Waals surface area contributed by atoms with Gasteiger partial charge in [-0.25, -0.2) is 0 Å². The van der Waals surface area contributed by atoms with Gasteiger partial charge in [0.15, 0.2) is 0 Å². The van der Waals surface area contributed by atoms with Gasteiger partial charge in [-0.1, -0.05) is 0 Å². The fourth-order valence-electron chi connectivity index (χ4n) is 2.44. The van der Waals surface area contributed by atoms with Crippen LogP contribution in [-0.2, 0) is 4.74 Å². The Kier molecular flexibility index (Phi) is 2.37. The van der Waals surface area contributed by atoms with Crippen molar-refractivity contribution in [3.05, 3.63) is 7.05 Å². The molecule has 2 fully saturated rings. The van der Waals surface area contributed by atoms with Gasteiger partial charge in [-0.05, 0) is 12.8 Å². The van der Waals surface area contributed by atoms with Gasteiger partial charge in [0.05, 0.1) is 19.7 Å². The molecular weight excluding hydrogens is 150 g/mol. The number of rotatable bonds is 0. The van der Waals surface area contributed by atoms with Crippen LogP contribution in [0.2, 0.25) is 0 Å². The zero-order valence-electron chi connectivity index (χ0n) is 7.77. The van der Waals surface area contributed by atoms with E-state index in [9.17, 15) is 0 Å². The lowest BCUT2D eigenvalue weighted by Crippen LogP contribution is -3.08. The van der Waals surface area contributed by atoms with Crippen molar-refractivity contribution in [1.82, 2.24) is 0 Å². The monoisotopic (exact) mass is 169 g/mol. The highest BCUT2D eigenvalue weighted by atomic mass is 16.5. The zero-order chi connectivity index (χ0) is 8.44. The van der Waals surface area contributed by atoms with Gasteiger partial charge in [0, 0.05) is 24.9 Å². The van der Waals surface area contributed by atoms with E-state index in [-0.39, 0.29) is 0 Å². The molecule has 2 aliphatic heterocycles. The smallest absolute Gasteiger partial charge is 0.0536 e. The lowest BCUT2D eigenvalue weighted by molar-refractivity contribution is -0.862. The van der Waals surface area contributed by atoms with Gasteiger partial charge >= 0.3 is 0 Å². The highest BCUT2D eigenvalue weighted by molar-refractivity contribution is 4.83. The average molecular weight is 169 g/mol. The van der Waals surface area contributed by atoms with Gasteiger partial charge < -0.3 is 9.64 Å². The van der Waals surface area contributed by atoms with Gasteiger partial charge in [-0.15, -0.1) is 0 Å². The molecule has 2 heteroatoms. The molecule has 0 radical (unpaired) electrons. The fraction of sp³-hybridized carbons (Fsp3) is 0.900. The van der Waals surface area contributed by atoms with E-state index in [1.807, 2.05) is 0 Å². The highest BCUT2D eigenvalue weighted by Crippen LogP contribution is 2.35.